The second-order valence-corrected chi connectivity index (χ2v) is 6.04. The van der Waals surface area contributed by atoms with Gasteiger partial charge in [0.1, 0.15) is 0 Å². The summed E-state index contributed by atoms with van der Waals surface area (Å²) >= 11 is 1.70. The highest BCUT2D eigenvalue weighted by molar-refractivity contribution is 7.09. The smallest absolute Gasteiger partial charge is 0.315 e. The summed E-state index contributed by atoms with van der Waals surface area (Å²) in [5.41, 5.74) is 0.958. The summed E-state index contributed by atoms with van der Waals surface area (Å²) < 4.78 is 5.45. The van der Waals surface area contributed by atoms with Crippen LogP contribution in [0.2, 0.25) is 0 Å². The molecule has 104 valence electrons. The van der Waals surface area contributed by atoms with Crippen molar-refractivity contribution in [2.45, 2.75) is 44.2 Å². The van der Waals surface area contributed by atoms with Crippen molar-refractivity contribution in [3.8, 4) is 0 Å². The molecule has 6 heteroatoms. The average molecular weight is 281 g/mol. The molecule has 2 amide bonds. The Kier molecular flexibility index (Phi) is 3.98. The summed E-state index contributed by atoms with van der Waals surface area (Å²) in [5, 5.41) is 8.93. The van der Waals surface area contributed by atoms with Crippen molar-refractivity contribution in [2.24, 2.45) is 0 Å². The highest BCUT2D eigenvalue weighted by Gasteiger charge is 2.26. The molecule has 2 fully saturated rings. The molecule has 3 rings (SSSR count). The zero-order valence-electron chi connectivity index (χ0n) is 10.9. The Balaban J connectivity index is 1.36. The molecular formula is C13H19N3O2S. The molecule has 1 aliphatic heterocycles. The van der Waals surface area contributed by atoms with E-state index in [0.29, 0.717) is 19.0 Å². The van der Waals surface area contributed by atoms with Gasteiger partial charge in [0.05, 0.1) is 23.4 Å². The first-order chi connectivity index (χ1) is 9.31. The number of amides is 2. The van der Waals surface area contributed by atoms with Crippen LogP contribution in [0.25, 0.3) is 0 Å². The van der Waals surface area contributed by atoms with Gasteiger partial charge in [-0.1, -0.05) is 0 Å². The monoisotopic (exact) mass is 281 g/mol. The van der Waals surface area contributed by atoms with Gasteiger partial charge in [-0.2, -0.15) is 0 Å². The van der Waals surface area contributed by atoms with E-state index in [1.165, 1.54) is 17.8 Å². The second-order valence-electron chi connectivity index (χ2n) is 5.15. The molecule has 0 aromatic carbocycles. The van der Waals surface area contributed by atoms with Gasteiger partial charge in [0.25, 0.3) is 0 Å². The summed E-state index contributed by atoms with van der Waals surface area (Å²) in [6.45, 7) is 1.91. The van der Waals surface area contributed by atoms with E-state index in [9.17, 15) is 4.79 Å². The van der Waals surface area contributed by atoms with Gasteiger partial charge in [-0.05, 0) is 25.7 Å². The van der Waals surface area contributed by atoms with Gasteiger partial charge in [0.2, 0.25) is 0 Å². The fourth-order valence-electron chi connectivity index (χ4n) is 2.17. The van der Waals surface area contributed by atoms with Crippen LogP contribution in [0.1, 0.15) is 42.3 Å². The van der Waals surface area contributed by atoms with E-state index in [-0.39, 0.29) is 12.1 Å². The maximum atomic E-state index is 11.6. The number of carbonyl (C=O) groups excluding carboxylic acids is 1. The largest absolute Gasteiger partial charge is 0.376 e. The van der Waals surface area contributed by atoms with Gasteiger partial charge in [-0.15, -0.1) is 11.3 Å². The summed E-state index contributed by atoms with van der Waals surface area (Å²) in [6, 6.07) is -0.142. The van der Waals surface area contributed by atoms with Crippen LogP contribution in [0, 0.1) is 0 Å². The number of rotatable bonds is 5. The molecule has 0 spiro atoms. The fraction of sp³-hybridized carbons (Fsp3) is 0.692. The number of hydrogen-bond donors (Lipinski definition) is 2. The predicted molar refractivity (Wildman–Crippen MR) is 73.3 cm³/mol. The number of aromatic nitrogens is 1. The first-order valence-corrected chi connectivity index (χ1v) is 7.77. The molecule has 2 aliphatic rings. The molecule has 1 saturated carbocycles. The molecule has 1 atom stereocenters. The minimum Gasteiger partial charge on any atom is -0.376 e. The van der Waals surface area contributed by atoms with E-state index in [1.807, 2.05) is 5.38 Å². The van der Waals surface area contributed by atoms with Gasteiger partial charge in [0, 0.05) is 24.4 Å². The summed E-state index contributed by atoms with van der Waals surface area (Å²) in [4.78, 5) is 16.2. The summed E-state index contributed by atoms with van der Waals surface area (Å²) in [7, 11) is 0. The molecule has 19 heavy (non-hydrogen) atoms. The molecule has 1 aliphatic carbocycles. The highest BCUT2D eigenvalue weighted by atomic mass is 32.1. The van der Waals surface area contributed by atoms with Crippen LogP contribution in [0.5, 0.6) is 0 Å². The van der Waals surface area contributed by atoms with Gasteiger partial charge in [-0.3, -0.25) is 0 Å². The summed E-state index contributed by atoms with van der Waals surface area (Å²) in [5.74, 6) is 0.687. The number of ether oxygens (including phenoxy) is 1. The maximum Gasteiger partial charge on any atom is 0.315 e. The molecular weight excluding hydrogens is 262 g/mol. The lowest BCUT2D eigenvalue weighted by molar-refractivity contribution is 0.111. The summed E-state index contributed by atoms with van der Waals surface area (Å²) in [6.07, 6.45) is 4.85. The van der Waals surface area contributed by atoms with Crippen molar-refractivity contribution in [3.05, 3.63) is 16.1 Å². The van der Waals surface area contributed by atoms with Crippen molar-refractivity contribution < 1.29 is 9.53 Å². The van der Waals surface area contributed by atoms with Crippen molar-refractivity contribution in [2.75, 3.05) is 13.2 Å². The molecule has 2 heterocycles. The first kappa shape index (κ1) is 12.9. The molecule has 1 aromatic heterocycles. The molecule has 2 N–H and O–H groups in total. The average Bonchev–Trinajstić information content (AvgIpc) is 2.95. The van der Waals surface area contributed by atoms with Gasteiger partial charge in [0.15, 0.2) is 0 Å². The van der Waals surface area contributed by atoms with E-state index in [4.69, 9.17) is 4.74 Å². The highest BCUT2D eigenvalue weighted by Crippen LogP contribution is 2.41. The Morgan fingerprint density at radius 3 is 3.05 bits per heavy atom. The maximum absolute atomic E-state index is 11.6. The van der Waals surface area contributed by atoms with E-state index in [2.05, 4.69) is 15.6 Å². The predicted octanol–water partition coefficient (Wildman–Crippen LogP) is 2.00. The Morgan fingerprint density at radius 1 is 1.42 bits per heavy atom. The molecule has 1 unspecified atom stereocenters. The van der Waals surface area contributed by atoms with E-state index < -0.39 is 0 Å². The van der Waals surface area contributed by atoms with Crippen LogP contribution in [-0.2, 0) is 11.3 Å². The van der Waals surface area contributed by atoms with E-state index >= 15 is 0 Å². The van der Waals surface area contributed by atoms with Gasteiger partial charge in [-0.25, -0.2) is 9.78 Å². The third-order valence-corrected chi connectivity index (χ3v) is 4.50. The quantitative estimate of drug-likeness (QED) is 0.867. The van der Waals surface area contributed by atoms with Gasteiger partial charge < -0.3 is 15.4 Å². The van der Waals surface area contributed by atoms with Crippen molar-refractivity contribution >= 4 is 17.4 Å². The fourth-order valence-corrected chi connectivity index (χ4v) is 3.16. The number of urea groups is 1. The molecule has 1 saturated heterocycles. The van der Waals surface area contributed by atoms with Crippen LogP contribution < -0.4 is 10.6 Å². The third-order valence-electron chi connectivity index (χ3n) is 3.44. The number of nitrogens with one attached hydrogen (secondary N) is 2. The molecule has 0 radical (unpaired) electrons. The Labute approximate surface area is 116 Å². The SMILES string of the molecule is O=C(NCc1csc(C2CC2)n1)NCC1CCCO1. The molecule has 5 nitrogen and oxygen atoms in total. The molecule has 1 aromatic rings. The number of hydrogen-bond acceptors (Lipinski definition) is 4. The van der Waals surface area contributed by atoms with E-state index in [0.717, 1.165) is 25.1 Å². The van der Waals surface area contributed by atoms with Crippen molar-refractivity contribution in [1.82, 2.24) is 15.6 Å². The zero-order valence-corrected chi connectivity index (χ0v) is 11.7. The standard InChI is InChI=1S/C13H19N3O2S/c17-13(15-7-11-2-1-5-18-11)14-6-10-8-19-12(16-10)9-3-4-9/h8-9,11H,1-7H2,(H2,14,15,17). The van der Waals surface area contributed by atoms with Crippen LogP contribution in [0.15, 0.2) is 5.38 Å². The minimum atomic E-state index is -0.142. The topological polar surface area (TPSA) is 63.2 Å². The van der Waals surface area contributed by atoms with Gasteiger partial charge >= 0.3 is 6.03 Å². The molecule has 0 bridgehead atoms. The lowest BCUT2D eigenvalue weighted by atomic mass is 10.2. The second kappa shape index (κ2) is 5.88. The number of carbonyl (C=O) groups is 1. The first-order valence-electron chi connectivity index (χ1n) is 6.89. The van der Waals surface area contributed by atoms with Crippen LogP contribution >= 0.6 is 11.3 Å². The lowest BCUT2D eigenvalue weighted by Crippen LogP contribution is -2.39. The normalized spacial score (nSPS) is 22.4. The number of nitrogens with zero attached hydrogens (tertiary/aromatic N) is 1. The zero-order chi connectivity index (χ0) is 13.1. The Hall–Kier alpha value is -1.14. The van der Waals surface area contributed by atoms with Crippen molar-refractivity contribution in [1.29, 1.82) is 0 Å². The van der Waals surface area contributed by atoms with E-state index in [1.54, 1.807) is 11.3 Å². The minimum absolute atomic E-state index is 0.142. The third kappa shape index (κ3) is 3.67. The van der Waals surface area contributed by atoms with Crippen molar-refractivity contribution in [3.63, 3.8) is 0 Å². The Bertz CT molecular complexity index is 439. The number of thiazole rings is 1. The lowest BCUT2D eigenvalue weighted by Gasteiger charge is -2.11. The van der Waals surface area contributed by atoms with Crippen LogP contribution in [-0.4, -0.2) is 30.3 Å². The Morgan fingerprint density at radius 2 is 2.32 bits per heavy atom. The van der Waals surface area contributed by atoms with Crippen LogP contribution in [0.3, 0.4) is 0 Å². The van der Waals surface area contributed by atoms with Crippen LogP contribution in [0.4, 0.5) is 4.79 Å².